The average Bonchev–Trinajstić information content (AvgIpc) is 3.45. The van der Waals surface area contributed by atoms with Crippen LogP contribution in [-0.2, 0) is 11.8 Å². The highest BCUT2D eigenvalue weighted by atomic mass is 35.5. The number of hydrogen-bond donors (Lipinski definition) is 0. The number of carbonyl (C=O) groups excluding carboxylic acids is 1. The molecule has 1 fully saturated rings. The number of amides is 1. The summed E-state index contributed by atoms with van der Waals surface area (Å²) < 4.78 is 24.2. The summed E-state index contributed by atoms with van der Waals surface area (Å²) in [6, 6.07) is 3.66. The summed E-state index contributed by atoms with van der Waals surface area (Å²) in [7, 11) is 6.49. The molecule has 0 bridgehead atoms. The van der Waals surface area contributed by atoms with Gasteiger partial charge in [-0.05, 0) is 18.6 Å². The first-order valence-corrected chi connectivity index (χ1v) is 11.6. The topological polar surface area (TPSA) is 91.2 Å². The van der Waals surface area contributed by atoms with E-state index in [1.54, 1.807) is 37.0 Å². The smallest absolute Gasteiger partial charge is 0.267 e. The van der Waals surface area contributed by atoms with Gasteiger partial charge in [-0.1, -0.05) is 11.3 Å². The highest BCUT2D eigenvalue weighted by molar-refractivity contribution is 7.22. The van der Waals surface area contributed by atoms with E-state index in [2.05, 4.69) is 10.00 Å². The van der Waals surface area contributed by atoms with E-state index in [1.807, 2.05) is 12.1 Å². The van der Waals surface area contributed by atoms with E-state index in [0.717, 1.165) is 44.0 Å². The minimum atomic E-state index is -0.209. The number of hydrogen-bond acceptors (Lipinski definition) is 9. The number of morpholine rings is 1. The van der Waals surface area contributed by atoms with Gasteiger partial charge in [0.15, 0.2) is 5.13 Å². The van der Waals surface area contributed by atoms with Gasteiger partial charge in [0.25, 0.3) is 5.91 Å². The number of rotatable bonds is 9. The predicted molar refractivity (Wildman–Crippen MR) is 133 cm³/mol. The number of halogens is 1. The van der Waals surface area contributed by atoms with Crippen molar-refractivity contribution in [2.24, 2.45) is 7.05 Å². The van der Waals surface area contributed by atoms with Gasteiger partial charge in [0.2, 0.25) is 5.88 Å². The van der Waals surface area contributed by atoms with E-state index in [1.165, 1.54) is 18.4 Å². The van der Waals surface area contributed by atoms with E-state index in [0.29, 0.717) is 34.3 Å². The Bertz CT molecular complexity index is 1070. The maximum atomic E-state index is 13.7. The standard InChI is InChI=1S/C22H29N5O5S.ClH/c1-25-14-15(20(24-25)31-4)21(28)27(9-5-8-26-10-12-32-13-11-26)22-23-18-16(29-2)6-7-17(30-3)19(18)33-22;/h6-7,14H,5,8-13H2,1-4H3;1H. The molecule has 1 amide bonds. The van der Waals surface area contributed by atoms with Gasteiger partial charge < -0.3 is 18.9 Å². The molecule has 34 heavy (non-hydrogen) atoms. The maximum Gasteiger partial charge on any atom is 0.267 e. The number of methoxy groups -OCH3 is 3. The molecule has 0 N–H and O–H groups in total. The second kappa shape index (κ2) is 11.7. The molecule has 2 aromatic heterocycles. The van der Waals surface area contributed by atoms with Crippen molar-refractivity contribution >= 4 is 45.0 Å². The second-order valence-corrected chi connectivity index (χ2v) is 8.61. The minimum absolute atomic E-state index is 0. The van der Waals surface area contributed by atoms with Crippen molar-refractivity contribution in [1.82, 2.24) is 19.7 Å². The first-order chi connectivity index (χ1) is 16.0. The summed E-state index contributed by atoms with van der Waals surface area (Å²) in [6.07, 6.45) is 2.46. The molecule has 0 atom stereocenters. The molecule has 1 aromatic carbocycles. The fourth-order valence-corrected chi connectivity index (χ4v) is 4.96. The number of fused-ring (bicyclic) bond motifs is 1. The van der Waals surface area contributed by atoms with Crippen LogP contribution in [-0.4, -0.2) is 86.3 Å². The Kier molecular flexibility index (Phi) is 8.95. The quantitative estimate of drug-likeness (QED) is 0.433. The van der Waals surface area contributed by atoms with Crippen LogP contribution in [0.1, 0.15) is 16.8 Å². The lowest BCUT2D eigenvalue weighted by atomic mass is 10.2. The SMILES string of the molecule is COc1nn(C)cc1C(=O)N(CCCN1CCOCC1)c1nc2c(OC)ccc(OC)c2s1.Cl. The normalized spacial score (nSPS) is 14.0. The molecule has 12 heteroatoms. The van der Waals surface area contributed by atoms with E-state index in [9.17, 15) is 4.79 Å². The lowest BCUT2D eigenvalue weighted by molar-refractivity contribution is 0.0376. The zero-order valence-corrected chi connectivity index (χ0v) is 21.4. The number of anilines is 1. The number of ether oxygens (including phenoxy) is 4. The van der Waals surface area contributed by atoms with Crippen LogP contribution >= 0.6 is 23.7 Å². The molecule has 10 nitrogen and oxygen atoms in total. The van der Waals surface area contributed by atoms with E-state index in [4.69, 9.17) is 23.9 Å². The van der Waals surface area contributed by atoms with Gasteiger partial charge in [-0.2, -0.15) is 0 Å². The Balaban J connectivity index is 0.00000324. The van der Waals surface area contributed by atoms with Gasteiger partial charge in [0, 0.05) is 39.4 Å². The average molecular weight is 512 g/mol. The second-order valence-electron chi connectivity index (χ2n) is 7.63. The molecule has 0 unspecified atom stereocenters. The van der Waals surface area contributed by atoms with E-state index in [-0.39, 0.29) is 24.2 Å². The summed E-state index contributed by atoms with van der Waals surface area (Å²) in [4.78, 5) is 22.5. The monoisotopic (exact) mass is 511 g/mol. The molecule has 0 aliphatic carbocycles. The molecular formula is C22H30ClN5O5S. The Hall–Kier alpha value is -2.60. The van der Waals surface area contributed by atoms with Crippen LogP contribution in [0.3, 0.4) is 0 Å². The van der Waals surface area contributed by atoms with Crippen LogP contribution in [0.2, 0.25) is 0 Å². The van der Waals surface area contributed by atoms with Crippen molar-refractivity contribution in [3.05, 3.63) is 23.9 Å². The van der Waals surface area contributed by atoms with Crippen molar-refractivity contribution in [1.29, 1.82) is 0 Å². The predicted octanol–water partition coefficient (Wildman–Crippen LogP) is 2.85. The highest BCUT2D eigenvalue weighted by Gasteiger charge is 2.27. The minimum Gasteiger partial charge on any atom is -0.495 e. The Morgan fingerprint density at radius 1 is 1.15 bits per heavy atom. The zero-order valence-electron chi connectivity index (χ0n) is 19.8. The molecule has 0 saturated carbocycles. The van der Waals surface area contributed by atoms with E-state index >= 15 is 0 Å². The Morgan fingerprint density at radius 3 is 2.53 bits per heavy atom. The van der Waals surface area contributed by atoms with Gasteiger partial charge in [-0.3, -0.25) is 19.3 Å². The maximum absolute atomic E-state index is 13.7. The number of nitrogens with zero attached hydrogens (tertiary/aromatic N) is 5. The van der Waals surface area contributed by atoms with E-state index < -0.39 is 0 Å². The summed E-state index contributed by atoms with van der Waals surface area (Å²) >= 11 is 1.40. The Labute approximate surface area is 208 Å². The number of aromatic nitrogens is 3. The van der Waals surface area contributed by atoms with Gasteiger partial charge in [-0.25, -0.2) is 4.98 Å². The van der Waals surface area contributed by atoms with Crippen molar-refractivity contribution in [3.63, 3.8) is 0 Å². The number of aryl methyl sites for hydroxylation is 1. The Morgan fingerprint density at radius 2 is 1.85 bits per heavy atom. The van der Waals surface area contributed by atoms with Gasteiger partial charge >= 0.3 is 0 Å². The van der Waals surface area contributed by atoms with Crippen LogP contribution < -0.4 is 19.1 Å². The summed E-state index contributed by atoms with van der Waals surface area (Å²) in [5.74, 6) is 1.40. The molecule has 1 aliphatic rings. The molecule has 4 rings (SSSR count). The fraction of sp³-hybridized carbons (Fsp3) is 0.500. The van der Waals surface area contributed by atoms with Crippen LogP contribution in [0.4, 0.5) is 5.13 Å². The third kappa shape index (κ3) is 5.38. The fourth-order valence-electron chi connectivity index (χ4n) is 3.86. The summed E-state index contributed by atoms with van der Waals surface area (Å²) in [5, 5.41) is 4.82. The van der Waals surface area contributed by atoms with Crippen molar-refractivity contribution < 1.29 is 23.7 Å². The molecule has 0 spiro atoms. The molecule has 3 heterocycles. The third-order valence-corrected chi connectivity index (χ3v) is 6.65. The van der Waals surface area contributed by atoms with Crippen LogP contribution in [0.15, 0.2) is 18.3 Å². The summed E-state index contributed by atoms with van der Waals surface area (Å²) in [5.41, 5.74) is 1.06. The molecular weight excluding hydrogens is 482 g/mol. The lowest BCUT2D eigenvalue weighted by Gasteiger charge is -2.27. The first-order valence-electron chi connectivity index (χ1n) is 10.8. The number of thiazole rings is 1. The van der Waals surface area contributed by atoms with Gasteiger partial charge in [0.05, 0.1) is 34.5 Å². The van der Waals surface area contributed by atoms with Crippen LogP contribution in [0.25, 0.3) is 10.2 Å². The third-order valence-electron chi connectivity index (χ3n) is 5.55. The van der Waals surface area contributed by atoms with Crippen molar-refractivity contribution in [2.75, 3.05) is 65.6 Å². The largest absolute Gasteiger partial charge is 0.495 e. The number of carbonyl (C=O) groups is 1. The van der Waals surface area contributed by atoms with Crippen molar-refractivity contribution in [2.45, 2.75) is 6.42 Å². The van der Waals surface area contributed by atoms with Crippen LogP contribution in [0.5, 0.6) is 17.4 Å². The lowest BCUT2D eigenvalue weighted by Crippen LogP contribution is -2.39. The number of benzene rings is 1. The van der Waals surface area contributed by atoms with Gasteiger partial charge in [0.1, 0.15) is 27.3 Å². The first kappa shape index (κ1) is 26.0. The zero-order chi connectivity index (χ0) is 23.4. The molecule has 3 aromatic rings. The van der Waals surface area contributed by atoms with Crippen molar-refractivity contribution in [3.8, 4) is 17.4 Å². The summed E-state index contributed by atoms with van der Waals surface area (Å²) in [6.45, 7) is 4.66. The molecule has 0 radical (unpaired) electrons. The molecule has 186 valence electrons. The highest BCUT2D eigenvalue weighted by Crippen LogP contribution is 2.40. The van der Waals surface area contributed by atoms with Crippen LogP contribution in [0, 0.1) is 0 Å². The molecule has 1 aliphatic heterocycles. The molecule has 1 saturated heterocycles. The van der Waals surface area contributed by atoms with Gasteiger partial charge in [-0.15, -0.1) is 17.5 Å².